The zero-order valence-corrected chi connectivity index (χ0v) is 15.6. The molecule has 136 valence electrons. The molecule has 2 amide bonds. The zero-order chi connectivity index (χ0) is 17.9. The molecule has 2 heterocycles. The Bertz CT molecular complexity index is 768. The topological polar surface area (TPSA) is 49.4 Å². The molecule has 1 aliphatic heterocycles. The van der Waals surface area contributed by atoms with E-state index in [4.69, 9.17) is 0 Å². The fourth-order valence-electron chi connectivity index (χ4n) is 4.34. The van der Waals surface area contributed by atoms with Crippen molar-refractivity contribution in [3.63, 3.8) is 0 Å². The van der Waals surface area contributed by atoms with E-state index in [9.17, 15) is 9.59 Å². The quantitative estimate of drug-likeness (QED) is 0.846. The first-order valence-corrected chi connectivity index (χ1v) is 10.4. The summed E-state index contributed by atoms with van der Waals surface area (Å²) in [6.07, 6.45) is 7.33. The number of anilines is 1. The summed E-state index contributed by atoms with van der Waals surface area (Å²) in [5, 5.41) is 6.58. The second-order valence-electron chi connectivity index (χ2n) is 7.30. The van der Waals surface area contributed by atoms with E-state index in [1.165, 1.54) is 37.0 Å². The SMILES string of the molecule is O=C(Nc1ccc(C(=O)N2CCC[C@@H]3CCCC[C@@H]32)cc1)c1ccsc1. The van der Waals surface area contributed by atoms with Crippen LogP contribution in [0.1, 0.15) is 59.2 Å². The fourth-order valence-corrected chi connectivity index (χ4v) is 4.97. The summed E-state index contributed by atoms with van der Waals surface area (Å²) in [6.45, 7) is 0.872. The number of likely N-dealkylation sites (tertiary alicyclic amines) is 1. The van der Waals surface area contributed by atoms with Gasteiger partial charge in [0.05, 0.1) is 5.56 Å². The molecule has 2 aromatic rings. The summed E-state index contributed by atoms with van der Waals surface area (Å²) in [6, 6.07) is 9.52. The Morgan fingerprint density at radius 2 is 1.73 bits per heavy atom. The van der Waals surface area contributed by atoms with E-state index in [1.54, 1.807) is 6.07 Å². The van der Waals surface area contributed by atoms with Crippen molar-refractivity contribution in [3.05, 3.63) is 52.2 Å². The number of hydrogen-bond donors (Lipinski definition) is 1. The molecule has 1 saturated heterocycles. The van der Waals surface area contributed by atoms with E-state index in [2.05, 4.69) is 10.2 Å². The summed E-state index contributed by atoms with van der Waals surface area (Å²) in [5.41, 5.74) is 2.09. The van der Waals surface area contributed by atoms with E-state index in [-0.39, 0.29) is 11.8 Å². The molecule has 1 saturated carbocycles. The molecular weight excluding hydrogens is 344 g/mol. The number of fused-ring (bicyclic) bond motifs is 1. The highest BCUT2D eigenvalue weighted by molar-refractivity contribution is 7.08. The molecule has 1 aliphatic carbocycles. The van der Waals surface area contributed by atoms with Gasteiger partial charge in [-0.25, -0.2) is 0 Å². The van der Waals surface area contributed by atoms with Crippen LogP contribution in [0.15, 0.2) is 41.1 Å². The van der Waals surface area contributed by atoms with Gasteiger partial charge >= 0.3 is 0 Å². The third-order valence-corrected chi connectivity index (χ3v) is 6.36. The van der Waals surface area contributed by atoms with Crippen LogP contribution in [0.2, 0.25) is 0 Å². The van der Waals surface area contributed by atoms with Crippen molar-refractivity contribution >= 4 is 28.8 Å². The Morgan fingerprint density at radius 3 is 2.50 bits per heavy atom. The molecule has 0 bridgehead atoms. The van der Waals surface area contributed by atoms with Gasteiger partial charge in [0, 0.05) is 29.2 Å². The first kappa shape index (κ1) is 17.3. The highest BCUT2D eigenvalue weighted by Gasteiger charge is 2.35. The maximum Gasteiger partial charge on any atom is 0.256 e. The first-order valence-electron chi connectivity index (χ1n) is 9.47. The second-order valence-corrected chi connectivity index (χ2v) is 8.08. The molecule has 1 aromatic heterocycles. The minimum atomic E-state index is -0.119. The van der Waals surface area contributed by atoms with Crippen LogP contribution in [-0.2, 0) is 0 Å². The number of carbonyl (C=O) groups is 2. The van der Waals surface area contributed by atoms with E-state index in [0.717, 1.165) is 19.4 Å². The molecule has 4 rings (SSSR count). The summed E-state index contributed by atoms with van der Waals surface area (Å²) in [5.74, 6) is 0.703. The van der Waals surface area contributed by atoms with Crippen molar-refractivity contribution in [1.82, 2.24) is 4.90 Å². The molecule has 1 aromatic carbocycles. The van der Waals surface area contributed by atoms with Gasteiger partial charge in [-0.3, -0.25) is 9.59 Å². The van der Waals surface area contributed by atoms with E-state index in [1.807, 2.05) is 35.0 Å². The Hall–Kier alpha value is -2.14. The average molecular weight is 369 g/mol. The Morgan fingerprint density at radius 1 is 0.962 bits per heavy atom. The maximum absolute atomic E-state index is 13.0. The van der Waals surface area contributed by atoms with E-state index < -0.39 is 0 Å². The van der Waals surface area contributed by atoms with E-state index >= 15 is 0 Å². The Labute approximate surface area is 158 Å². The number of amides is 2. The van der Waals surface area contributed by atoms with Crippen molar-refractivity contribution in [2.75, 3.05) is 11.9 Å². The summed E-state index contributed by atoms with van der Waals surface area (Å²) in [4.78, 5) is 27.2. The lowest BCUT2D eigenvalue weighted by Gasteiger charge is -2.44. The highest BCUT2D eigenvalue weighted by Crippen LogP contribution is 2.36. The van der Waals surface area contributed by atoms with Gasteiger partial charge in [-0.15, -0.1) is 0 Å². The van der Waals surface area contributed by atoms with Crippen LogP contribution in [0.4, 0.5) is 5.69 Å². The van der Waals surface area contributed by atoms with E-state index in [0.29, 0.717) is 28.8 Å². The van der Waals surface area contributed by atoms with Gasteiger partial charge in [0.2, 0.25) is 0 Å². The summed E-state index contributed by atoms with van der Waals surface area (Å²) in [7, 11) is 0. The van der Waals surface area contributed by atoms with Crippen molar-refractivity contribution in [3.8, 4) is 0 Å². The molecule has 26 heavy (non-hydrogen) atoms. The number of benzene rings is 1. The number of nitrogens with zero attached hydrogens (tertiary/aromatic N) is 1. The summed E-state index contributed by atoms with van der Waals surface area (Å²) < 4.78 is 0. The van der Waals surface area contributed by atoms with Gasteiger partial charge in [-0.1, -0.05) is 12.8 Å². The third kappa shape index (κ3) is 3.54. The van der Waals surface area contributed by atoms with Crippen LogP contribution < -0.4 is 5.32 Å². The van der Waals surface area contributed by atoms with Gasteiger partial charge in [-0.2, -0.15) is 11.3 Å². The lowest BCUT2D eigenvalue weighted by atomic mass is 9.78. The minimum absolute atomic E-state index is 0.119. The lowest BCUT2D eigenvalue weighted by molar-refractivity contribution is 0.0390. The number of nitrogens with one attached hydrogen (secondary N) is 1. The lowest BCUT2D eigenvalue weighted by Crippen LogP contribution is -2.49. The van der Waals surface area contributed by atoms with Gasteiger partial charge < -0.3 is 10.2 Å². The molecule has 2 aliphatic rings. The molecule has 4 nitrogen and oxygen atoms in total. The van der Waals surface area contributed by atoms with Crippen LogP contribution in [-0.4, -0.2) is 29.3 Å². The normalized spacial score (nSPS) is 22.5. The molecule has 1 N–H and O–H groups in total. The molecule has 0 spiro atoms. The molecule has 0 unspecified atom stereocenters. The maximum atomic E-state index is 13.0. The largest absolute Gasteiger partial charge is 0.335 e. The fraction of sp³-hybridized carbons (Fsp3) is 0.429. The Kier molecular flexibility index (Phi) is 5.07. The molecule has 0 radical (unpaired) electrons. The standard InChI is InChI=1S/C21H24N2O2S/c24-20(17-11-13-26-14-17)22-18-9-7-16(8-10-18)21(25)23-12-3-5-15-4-1-2-6-19(15)23/h7-11,13-15,19H,1-6,12H2,(H,22,24)/t15-,19-/m0/s1. The average Bonchev–Trinajstić information content (AvgIpc) is 3.23. The van der Waals surface area contributed by atoms with Gasteiger partial charge in [-0.05, 0) is 67.3 Å². The van der Waals surface area contributed by atoms with Gasteiger partial charge in [0.15, 0.2) is 0 Å². The zero-order valence-electron chi connectivity index (χ0n) is 14.8. The molecule has 2 fully saturated rings. The predicted molar refractivity (Wildman–Crippen MR) is 105 cm³/mol. The summed E-state index contributed by atoms with van der Waals surface area (Å²) >= 11 is 1.50. The number of hydrogen-bond acceptors (Lipinski definition) is 3. The highest BCUT2D eigenvalue weighted by atomic mass is 32.1. The second kappa shape index (κ2) is 7.62. The Balaban J connectivity index is 1.44. The minimum Gasteiger partial charge on any atom is -0.335 e. The molecule has 5 heteroatoms. The monoisotopic (exact) mass is 368 g/mol. The predicted octanol–water partition coefficient (Wildman–Crippen LogP) is 4.80. The van der Waals surface area contributed by atoms with Crippen LogP contribution in [0.3, 0.4) is 0 Å². The van der Waals surface area contributed by atoms with Gasteiger partial charge in [0.25, 0.3) is 11.8 Å². The number of carbonyl (C=O) groups excluding carboxylic acids is 2. The van der Waals surface area contributed by atoms with Crippen LogP contribution in [0, 0.1) is 5.92 Å². The number of piperidine rings is 1. The third-order valence-electron chi connectivity index (χ3n) is 5.68. The molecular formula is C21H24N2O2S. The number of rotatable bonds is 3. The van der Waals surface area contributed by atoms with Crippen molar-refractivity contribution < 1.29 is 9.59 Å². The van der Waals surface area contributed by atoms with Crippen molar-refractivity contribution in [1.29, 1.82) is 0 Å². The van der Waals surface area contributed by atoms with Crippen molar-refractivity contribution in [2.45, 2.75) is 44.6 Å². The van der Waals surface area contributed by atoms with Crippen LogP contribution >= 0.6 is 11.3 Å². The first-order chi connectivity index (χ1) is 12.7. The molecule has 2 atom stereocenters. The van der Waals surface area contributed by atoms with Crippen molar-refractivity contribution in [2.24, 2.45) is 5.92 Å². The van der Waals surface area contributed by atoms with Crippen LogP contribution in [0.25, 0.3) is 0 Å². The smallest absolute Gasteiger partial charge is 0.256 e. The van der Waals surface area contributed by atoms with Gasteiger partial charge in [0.1, 0.15) is 0 Å². The number of thiophene rings is 1. The van der Waals surface area contributed by atoms with Crippen LogP contribution in [0.5, 0.6) is 0 Å².